The van der Waals surface area contributed by atoms with E-state index in [4.69, 9.17) is 4.74 Å². The Morgan fingerprint density at radius 2 is 2.24 bits per heavy atom. The van der Waals surface area contributed by atoms with Gasteiger partial charge in [0.1, 0.15) is 5.76 Å². The molecular formula is C14H20N2O. The van der Waals surface area contributed by atoms with E-state index in [0.717, 1.165) is 38.2 Å². The molecule has 0 aliphatic carbocycles. The third-order valence-corrected chi connectivity index (χ3v) is 2.91. The number of nitrogens with zero attached hydrogens (tertiary/aromatic N) is 1. The van der Waals surface area contributed by atoms with Gasteiger partial charge in [-0.1, -0.05) is 6.92 Å². The molecule has 0 amide bonds. The summed E-state index contributed by atoms with van der Waals surface area (Å²) in [6.07, 6.45) is 9.03. The van der Waals surface area contributed by atoms with Crippen LogP contribution in [-0.2, 0) is 11.2 Å². The van der Waals surface area contributed by atoms with Crippen LogP contribution in [0.15, 0.2) is 36.4 Å². The Bertz CT molecular complexity index is 362. The van der Waals surface area contributed by atoms with Crippen molar-refractivity contribution in [2.45, 2.75) is 32.2 Å². The van der Waals surface area contributed by atoms with Crippen LogP contribution in [0.1, 0.15) is 25.3 Å². The molecule has 0 aromatic carbocycles. The predicted molar refractivity (Wildman–Crippen MR) is 68.7 cm³/mol. The Balaban J connectivity index is 2.00. The van der Waals surface area contributed by atoms with Gasteiger partial charge in [0.05, 0.1) is 12.6 Å². The SMILES string of the molecule is CCCNC(Cc1ccncc1)C1=CCCO1. The Labute approximate surface area is 103 Å². The molecule has 2 heterocycles. The zero-order chi connectivity index (χ0) is 11.9. The largest absolute Gasteiger partial charge is 0.496 e. The third-order valence-electron chi connectivity index (χ3n) is 2.91. The monoisotopic (exact) mass is 232 g/mol. The quantitative estimate of drug-likeness (QED) is 0.817. The molecule has 0 saturated carbocycles. The van der Waals surface area contributed by atoms with Gasteiger partial charge >= 0.3 is 0 Å². The van der Waals surface area contributed by atoms with E-state index in [-0.39, 0.29) is 0 Å². The van der Waals surface area contributed by atoms with Gasteiger partial charge < -0.3 is 10.1 Å². The van der Waals surface area contributed by atoms with E-state index in [1.165, 1.54) is 5.56 Å². The molecule has 0 saturated heterocycles. The maximum Gasteiger partial charge on any atom is 0.109 e. The summed E-state index contributed by atoms with van der Waals surface area (Å²) in [5.74, 6) is 1.11. The van der Waals surface area contributed by atoms with Crippen LogP contribution in [0.5, 0.6) is 0 Å². The van der Waals surface area contributed by atoms with Gasteiger partial charge in [-0.25, -0.2) is 0 Å². The summed E-state index contributed by atoms with van der Waals surface area (Å²) in [7, 11) is 0. The molecule has 1 aliphatic rings. The standard InChI is InChI=1S/C14H20N2O/c1-2-7-16-13(14-4-3-10-17-14)11-12-5-8-15-9-6-12/h4-6,8-9,13,16H,2-3,7,10-11H2,1H3. The Hall–Kier alpha value is -1.35. The van der Waals surface area contributed by atoms with E-state index in [2.05, 4.69) is 35.4 Å². The molecule has 92 valence electrons. The van der Waals surface area contributed by atoms with Crippen LogP contribution in [0, 0.1) is 0 Å². The molecule has 0 fully saturated rings. The average molecular weight is 232 g/mol. The highest BCUT2D eigenvalue weighted by atomic mass is 16.5. The van der Waals surface area contributed by atoms with Crippen molar-refractivity contribution in [1.82, 2.24) is 10.3 Å². The van der Waals surface area contributed by atoms with Crippen molar-refractivity contribution >= 4 is 0 Å². The van der Waals surface area contributed by atoms with Crippen LogP contribution in [-0.4, -0.2) is 24.2 Å². The molecular weight excluding hydrogens is 212 g/mol. The van der Waals surface area contributed by atoms with E-state index in [9.17, 15) is 0 Å². The van der Waals surface area contributed by atoms with Crippen LogP contribution in [0.3, 0.4) is 0 Å². The van der Waals surface area contributed by atoms with Crippen LogP contribution >= 0.6 is 0 Å². The molecule has 0 spiro atoms. The van der Waals surface area contributed by atoms with Gasteiger partial charge in [-0.2, -0.15) is 0 Å². The van der Waals surface area contributed by atoms with Crippen molar-refractivity contribution in [3.05, 3.63) is 41.9 Å². The Morgan fingerprint density at radius 1 is 1.41 bits per heavy atom. The van der Waals surface area contributed by atoms with Gasteiger partial charge in [0, 0.05) is 18.8 Å². The highest BCUT2D eigenvalue weighted by molar-refractivity contribution is 5.17. The number of rotatable bonds is 6. The fourth-order valence-electron chi connectivity index (χ4n) is 2.03. The summed E-state index contributed by atoms with van der Waals surface area (Å²) >= 11 is 0. The number of aromatic nitrogens is 1. The first-order valence-electron chi connectivity index (χ1n) is 6.35. The maximum atomic E-state index is 5.67. The van der Waals surface area contributed by atoms with Crippen molar-refractivity contribution in [2.75, 3.05) is 13.2 Å². The lowest BCUT2D eigenvalue weighted by Gasteiger charge is -2.19. The summed E-state index contributed by atoms with van der Waals surface area (Å²) < 4.78 is 5.67. The third kappa shape index (κ3) is 3.56. The summed E-state index contributed by atoms with van der Waals surface area (Å²) in [6.45, 7) is 4.03. The first kappa shape index (κ1) is 12.1. The van der Waals surface area contributed by atoms with E-state index >= 15 is 0 Å². The fourth-order valence-corrected chi connectivity index (χ4v) is 2.03. The molecule has 2 rings (SSSR count). The minimum absolute atomic E-state index is 0.305. The van der Waals surface area contributed by atoms with E-state index in [1.807, 2.05) is 12.4 Å². The summed E-state index contributed by atoms with van der Waals surface area (Å²) in [5.41, 5.74) is 1.30. The van der Waals surface area contributed by atoms with E-state index in [0.29, 0.717) is 6.04 Å². The molecule has 1 atom stereocenters. The minimum atomic E-state index is 0.305. The van der Waals surface area contributed by atoms with Crippen LogP contribution in [0.2, 0.25) is 0 Å². The first-order valence-corrected chi connectivity index (χ1v) is 6.35. The van der Waals surface area contributed by atoms with Crippen LogP contribution < -0.4 is 5.32 Å². The summed E-state index contributed by atoms with van der Waals surface area (Å²) in [5, 5.41) is 3.55. The van der Waals surface area contributed by atoms with E-state index in [1.54, 1.807) is 0 Å². The zero-order valence-electron chi connectivity index (χ0n) is 10.4. The average Bonchev–Trinajstić information content (AvgIpc) is 2.89. The second kappa shape index (κ2) is 6.40. The second-order valence-corrected chi connectivity index (χ2v) is 4.31. The highest BCUT2D eigenvalue weighted by Gasteiger charge is 2.18. The van der Waals surface area contributed by atoms with Crippen LogP contribution in [0.4, 0.5) is 0 Å². The zero-order valence-corrected chi connectivity index (χ0v) is 10.4. The van der Waals surface area contributed by atoms with Crippen LogP contribution in [0.25, 0.3) is 0 Å². The van der Waals surface area contributed by atoms with Crippen molar-refractivity contribution in [3.8, 4) is 0 Å². The van der Waals surface area contributed by atoms with Gasteiger partial charge in [0.25, 0.3) is 0 Å². The van der Waals surface area contributed by atoms with Crippen molar-refractivity contribution < 1.29 is 4.74 Å². The topological polar surface area (TPSA) is 34.2 Å². The molecule has 3 heteroatoms. The van der Waals surface area contributed by atoms with Crippen molar-refractivity contribution in [2.24, 2.45) is 0 Å². The number of hydrogen-bond donors (Lipinski definition) is 1. The normalized spacial score (nSPS) is 16.4. The fraction of sp³-hybridized carbons (Fsp3) is 0.500. The maximum absolute atomic E-state index is 5.67. The lowest BCUT2D eigenvalue weighted by atomic mass is 10.1. The molecule has 1 aromatic heterocycles. The van der Waals surface area contributed by atoms with Crippen molar-refractivity contribution in [3.63, 3.8) is 0 Å². The molecule has 1 aromatic rings. The lowest BCUT2D eigenvalue weighted by Crippen LogP contribution is -2.33. The van der Waals surface area contributed by atoms with Gasteiger partial charge in [-0.15, -0.1) is 0 Å². The smallest absolute Gasteiger partial charge is 0.109 e. The number of pyridine rings is 1. The lowest BCUT2D eigenvalue weighted by molar-refractivity contribution is 0.214. The summed E-state index contributed by atoms with van der Waals surface area (Å²) in [6, 6.07) is 4.44. The number of hydrogen-bond acceptors (Lipinski definition) is 3. The Kier molecular flexibility index (Phi) is 4.56. The van der Waals surface area contributed by atoms with Gasteiger partial charge in [0.2, 0.25) is 0 Å². The molecule has 0 radical (unpaired) electrons. The second-order valence-electron chi connectivity index (χ2n) is 4.31. The number of ether oxygens (including phenoxy) is 1. The molecule has 3 nitrogen and oxygen atoms in total. The molecule has 1 aliphatic heterocycles. The van der Waals surface area contributed by atoms with Gasteiger partial charge in [-0.05, 0) is 43.2 Å². The molecule has 17 heavy (non-hydrogen) atoms. The first-order chi connectivity index (χ1) is 8.40. The number of nitrogens with one attached hydrogen (secondary N) is 1. The molecule has 0 bridgehead atoms. The van der Waals surface area contributed by atoms with E-state index < -0.39 is 0 Å². The molecule has 1 N–H and O–H groups in total. The van der Waals surface area contributed by atoms with Gasteiger partial charge in [0.15, 0.2) is 0 Å². The minimum Gasteiger partial charge on any atom is -0.496 e. The highest BCUT2D eigenvalue weighted by Crippen LogP contribution is 2.17. The van der Waals surface area contributed by atoms with Crippen molar-refractivity contribution in [1.29, 1.82) is 0 Å². The molecule has 1 unspecified atom stereocenters. The Morgan fingerprint density at radius 3 is 2.88 bits per heavy atom. The van der Waals surface area contributed by atoms with Gasteiger partial charge in [-0.3, -0.25) is 4.98 Å². The summed E-state index contributed by atoms with van der Waals surface area (Å²) in [4.78, 5) is 4.05. The predicted octanol–water partition coefficient (Wildman–Crippen LogP) is 2.30.